The van der Waals surface area contributed by atoms with Crippen molar-refractivity contribution in [3.05, 3.63) is 46.9 Å². The number of methoxy groups -OCH3 is 2. The number of para-hydroxylation sites is 1. The molecule has 0 bridgehead atoms. The number of hydrogen-bond acceptors (Lipinski definition) is 4. The molecule has 0 heterocycles. The second-order valence-corrected chi connectivity index (χ2v) is 6.58. The first-order valence-electron chi connectivity index (χ1n) is 5.98. The van der Waals surface area contributed by atoms with E-state index in [2.05, 4.69) is 20.7 Å². The molecule has 0 aliphatic rings. The highest BCUT2D eigenvalue weighted by Gasteiger charge is 2.20. The Morgan fingerprint density at radius 3 is 2.33 bits per heavy atom. The van der Waals surface area contributed by atoms with Crippen LogP contribution in [0.15, 0.2) is 51.8 Å². The summed E-state index contributed by atoms with van der Waals surface area (Å²) in [6.45, 7) is 0. The summed E-state index contributed by atoms with van der Waals surface area (Å²) in [5, 5.41) is 0. The van der Waals surface area contributed by atoms with E-state index in [1.807, 2.05) is 0 Å². The van der Waals surface area contributed by atoms with Crippen molar-refractivity contribution in [2.45, 2.75) is 4.90 Å². The van der Waals surface area contributed by atoms with Crippen LogP contribution >= 0.6 is 15.9 Å². The molecule has 0 fully saturated rings. The Bertz CT molecular complexity index is 746. The fourth-order valence-electron chi connectivity index (χ4n) is 1.83. The largest absolute Gasteiger partial charge is 0.493 e. The van der Waals surface area contributed by atoms with E-state index in [1.165, 1.54) is 20.3 Å². The van der Waals surface area contributed by atoms with Crippen molar-refractivity contribution < 1.29 is 17.9 Å². The van der Waals surface area contributed by atoms with Gasteiger partial charge in [-0.2, -0.15) is 0 Å². The van der Waals surface area contributed by atoms with Crippen LogP contribution in [0.25, 0.3) is 0 Å². The summed E-state index contributed by atoms with van der Waals surface area (Å²) in [6.07, 6.45) is 0. The van der Waals surface area contributed by atoms with Gasteiger partial charge in [0.15, 0.2) is 11.5 Å². The van der Waals surface area contributed by atoms with E-state index in [0.717, 1.165) is 0 Å². The van der Waals surface area contributed by atoms with Gasteiger partial charge in [0.2, 0.25) is 0 Å². The molecule has 0 unspecified atom stereocenters. The number of halogens is 1. The molecule has 0 aliphatic heterocycles. The second-order valence-electron chi connectivity index (χ2n) is 4.08. The average Bonchev–Trinajstić information content (AvgIpc) is 2.46. The number of ether oxygens (including phenoxy) is 2. The van der Waals surface area contributed by atoms with E-state index in [4.69, 9.17) is 9.47 Å². The Kier molecular flexibility index (Phi) is 4.74. The Balaban J connectivity index is 2.45. The molecule has 0 spiro atoms. The molecular formula is C14H14BrNO4S. The maximum Gasteiger partial charge on any atom is 0.263 e. The maximum atomic E-state index is 12.5. The molecule has 7 heteroatoms. The number of anilines is 1. The van der Waals surface area contributed by atoms with Crippen LogP contribution in [-0.4, -0.2) is 22.6 Å². The van der Waals surface area contributed by atoms with Crippen LogP contribution in [0.4, 0.5) is 5.69 Å². The van der Waals surface area contributed by atoms with Gasteiger partial charge in [-0.3, -0.25) is 4.72 Å². The van der Waals surface area contributed by atoms with Crippen LogP contribution in [0, 0.1) is 0 Å². The molecule has 0 atom stereocenters. The molecule has 0 aliphatic carbocycles. The summed E-state index contributed by atoms with van der Waals surface area (Å²) in [5.41, 5.74) is 0.313. The van der Waals surface area contributed by atoms with Gasteiger partial charge in [0.05, 0.1) is 19.9 Å². The zero-order valence-electron chi connectivity index (χ0n) is 11.5. The molecule has 0 saturated heterocycles. The van der Waals surface area contributed by atoms with Crippen molar-refractivity contribution in [1.29, 1.82) is 0 Å². The third-order valence-corrected chi connectivity index (χ3v) is 5.15. The van der Waals surface area contributed by atoms with Crippen LogP contribution < -0.4 is 14.2 Å². The smallest absolute Gasteiger partial charge is 0.263 e. The SMILES string of the molecule is COc1cccc(NS(=O)(=O)c2ccccc2Br)c1OC. The van der Waals surface area contributed by atoms with Crippen molar-refractivity contribution in [2.75, 3.05) is 18.9 Å². The standard InChI is InChI=1S/C14H14BrNO4S/c1-19-12-8-5-7-11(14(12)20-2)16-21(17,18)13-9-4-3-6-10(13)15/h3-9,16H,1-2H3. The van der Waals surface area contributed by atoms with Crippen LogP contribution in [-0.2, 0) is 10.0 Å². The minimum absolute atomic E-state index is 0.148. The van der Waals surface area contributed by atoms with Crippen molar-refractivity contribution in [3.8, 4) is 11.5 Å². The first-order chi connectivity index (χ1) is 9.99. The van der Waals surface area contributed by atoms with Gasteiger partial charge in [-0.05, 0) is 40.2 Å². The zero-order valence-corrected chi connectivity index (χ0v) is 13.9. The molecule has 1 N–H and O–H groups in total. The normalized spacial score (nSPS) is 11.0. The summed E-state index contributed by atoms with van der Waals surface area (Å²) in [6, 6.07) is 11.6. The van der Waals surface area contributed by atoms with Gasteiger partial charge in [0, 0.05) is 4.47 Å². The van der Waals surface area contributed by atoms with E-state index in [1.54, 1.807) is 36.4 Å². The first kappa shape index (κ1) is 15.7. The fourth-order valence-corrected chi connectivity index (χ4v) is 3.90. The molecule has 0 amide bonds. The van der Waals surface area contributed by atoms with Gasteiger partial charge >= 0.3 is 0 Å². The lowest BCUT2D eigenvalue weighted by atomic mass is 10.3. The van der Waals surface area contributed by atoms with Gasteiger partial charge < -0.3 is 9.47 Å². The molecule has 5 nitrogen and oxygen atoms in total. The zero-order chi connectivity index (χ0) is 15.5. The Morgan fingerprint density at radius 1 is 1.00 bits per heavy atom. The van der Waals surface area contributed by atoms with Gasteiger partial charge in [-0.25, -0.2) is 8.42 Å². The Morgan fingerprint density at radius 2 is 1.71 bits per heavy atom. The lowest BCUT2D eigenvalue weighted by molar-refractivity contribution is 0.356. The first-order valence-corrected chi connectivity index (χ1v) is 8.25. The monoisotopic (exact) mass is 371 g/mol. The number of rotatable bonds is 5. The maximum absolute atomic E-state index is 12.5. The minimum Gasteiger partial charge on any atom is -0.493 e. The predicted octanol–water partition coefficient (Wildman–Crippen LogP) is 3.27. The van der Waals surface area contributed by atoms with E-state index < -0.39 is 10.0 Å². The van der Waals surface area contributed by atoms with Crippen LogP contribution in [0.5, 0.6) is 11.5 Å². The molecule has 2 rings (SSSR count). The van der Waals surface area contributed by atoms with E-state index in [-0.39, 0.29) is 4.90 Å². The summed E-state index contributed by atoms with van der Waals surface area (Å²) in [4.78, 5) is 0.148. The summed E-state index contributed by atoms with van der Waals surface area (Å²) in [7, 11) is -0.792. The molecule has 2 aromatic carbocycles. The van der Waals surface area contributed by atoms with Crippen LogP contribution in [0.1, 0.15) is 0 Å². The number of benzene rings is 2. The highest BCUT2D eigenvalue weighted by Crippen LogP contribution is 2.36. The highest BCUT2D eigenvalue weighted by atomic mass is 79.9. The lowest BCUT2D eigenvalue weighted by Crippen LogP contribution is -2.14. The molecule has 21 heavy (non-hydrogen) atoms. The Hall–Kier alpha value is -1.73. The predicted molar refractivity (Wildman–Crippen MR) is 84.5 cm³/mol. The van der Waals surface area contributed by atoms with E-state index in [9.17, 15) is 8.42 Å². The molecule has 0 radical (unpaired) electrons. The fraction of sp³-hybridized carbons (Fsp3) is 0.143. The molecule has 2 aromatic rings. The average molecular weight is 372 g/mol. The van der Waals surface area contributed by atoms with Crippen molar-refractivity contribution in [1.82, 2.24) is 0 Å². The van der Waals surface area contributed by atoms with E-state index >= 15 is 0 Å². The van der Waals surface area contributed by atoms with Crippen LogP contribution in [0.3, 0.4) is 0 Å². The summed E-state index contributed by atoms with van der Waals surface area (Å²) >= 11 is 3.23. The molecule has 112 valence electrons. The quantitative estimate of drug-likeness (QED) is 0.875. The molecule has 0 saturated carbocycles. The van der Waals surface area contributed by atoms with E-state index in [0.29, 0.717) is 21.7 Å². The van der Waals surface area contributed by atoms with Gasteiger partial charge in [-0.15, -0.1) is 0 Å². The third-order valence-electron chi connectivity index (χ3n) is 2.77. The Labute approximate surface area is 132 Å². The van der Waals surface area contributed by atoms with Gasteiger partial charge in [0.1, 0.15) is 4.90 Å². The minimum atomic E-state index is -3.73. The molecular weight excluding hydrogens is 358 g/mol. The summed E-state index contributed by atoms with van der Waals surface area (Å²) in [5.74, 6) is 0.778. The third kappa shape index (κ3) is 3.30. The number of hydrogen-bond donors (Lipinski definition) is 1. The number of sulfonamides is 1. The van der Waals surface area contributed by atoms with Crippen molar-refractivity contribution >= 4 is 31.6 Å². The molecule has 0 aromatic heterocycles. The topological polar surface area (TPSA) is 64.6 Å². The summed E-state index contributed by atoms with van der Waals surface area (Å²) < 4.78 is 38.3. The van der Waals surface area contributed by atoms with Crippen molar-refractivity contribution in [2.24, 2.45) is 0 Å². The lowest BCUT2D eigenvalue weighted by Gasteiger charge is -2.14. The van der Waals surface area contributed by atoms with Gasteiger partial charge in [-0.1, -0.05) is 18.2 Å². The van der Waals surface area contributed by atoms with Crippen molar-refractivity contribution in [3.63, 3.8) is 0 Å². The van der Waals surface area contributed by atoms with Crippen LogP contribution in [0.2, 0.25) is 0 Å². The highest BCUT2D eigenvalue weighted by molar-refractivity contribution is 9.10. The number of nitrogens with one attached hydrogen (secondary N) is 1. The van der Waals surface area contributed by atoms with Gasteiger partial charge in [0.25, 0.3) is 10.0 Å². The second kappa shape index (κ2) is 6.36.